The Kier molecular flexibility index (Phi) is 6.73. The van der Waals surface area contributed by atoms with E-state index in [1.807, 2.05) is 60.7 Å². The van der Waals surface area contributed by atoms with Crippen LogP contribution in [0.3, 0.4) is 0 Å². The van der Waals surface area contributed by atoms with Crippen LogP contribution >= 0.6 is 0 Å². The summed E-state index contributed by atoms with van der Waals surface area (Å²) in [4.78, 5) is 12.8. The first-order valence-corrected chi connectivity index (χ1v) is 9.33. The quantitative estimate of drug-likeness (QED) is 0.412. The van der Waals surface area contributed by atoms with Crippen molar-refractivity contribution in [2.75, 3.05) is 5.32 Å². The summed E-state index contributed by atoms with van der Waals surface area (Å²) in [6.45, 7) is 0. The van der Waals surface area contributed by atoms with Gasteiger partial charge in [0.2, 0.25) is 0 Å². The summed E-state index contributed by atoms with van der Waals surface area (Å²) < 4.78 is 38.6. The number of benzene rings is 3. The van der Waals surface area contributed by atoms with Crippen molar-refractivity contribution >= 4 is 11.6 Å². The van der Waals surface area contributed by atoms with E-state index in [1.165, 1.54) is 12.1 Å². The molecule has 0 heterocycles. The van der Waals surface area contributed by atoms with Crippen LogP contribution in [0.15, 0.2) is 96.7 Å². The van der Waals surface area contributed by atoms with Gasteiger partial charge < -0.3 is 10.6 Å². The monoisotopic (exact) mass is 421 g/mol. The molecule has 0 radical (unpaired) electrons. The highest BCUT2D eigenvalue weighted by molar-refractivity contribution is 5.98. The lowest BCUT2D eigenvalue weighted by molar-refractivity contribution is -0.137. The molecular formula is C24H18F3N3O. The molecular weight excluding hydrogens is 403 g/mol. The number of hydrogen-bond acceptors (Lipinski definition) is 3. The molecule has 4 nitrogen and oxygen atoms in total. The van der Waals surface area contributed by atoms with E-state index in [-0.39, 0.29) is 11.3 Å². The summed E-state index contributed by atoms with van der Waals surface area (Å²) in [6.07, 6.45) is -3.40. The molecule has 0 atom stereocenters. The van der Waals surface area contributed by atoms with Gasteiger partial charge in [-0.15, -0.1) is 0 Å². The third-order valence-electron chi connectivity index (χ3n) is 4.48. The Bertz CT molecular complexity index is 1060. The van der Waals surface area contributed by atoms with Gasteiger partial charge in [0.05, 0.1) is 11.6 Å². The van der Waals surface area contributed by atoms with E-state index in [1.54, 1.807) is 6.07 Å². The molecule has 7 heteroatoms. The van der Waals surface area contributed by atoms with Crippen molar-refractivity contribution in [2.24, 2.45) is 0 Å². The minimum absolute atomic E-state index is 0.109. The predicted molar refractivity (Wildman–Crippen MR) is 112 cm³/mol. The highest BCUT2D eigenvalue weighted by atomic mass is 19.4. The van der Waals surface area contributed by atoms with Crippen LogP contribution in [-0.2, 0) is 11.0 Å². The number of nitrogens with zero attached hydrogens (tertiary/aromatic N) is 1. The third-order valence-corrected chi connectivity index (χ3v) is 4.48. The molecule has 0 aromatic heterocycles. The zero-order valence-electron chi connectivity index (χ0n) is 16.2. The van der Waals surface area contributed by atoms with Gasteiger partial charge >= 0.3 is 6.18 Å². The number of nitriles is 1. The number of anilines is 1. The maximum Gasteiger partial charge on any atom is 0.416 e. The first kappa shape index (κ1) is 21.7. The molecule has 0 bridgehead atoms. The molecule has 0 fully saturated rings. The highest BCUT2D eigenvalue weighted by Crippen LogP contribution is 2.30. The smallest absolute Gasteiger partial charge is 0.360 e. The summed E-state index contributed by atoms with van der Waals surface area (Å²) in [5, 5.41) is 14.8. The number of amides is 1. The zero-order chi connectivity index (χ0) is 22.3. The normalized spacial score (nSPS) is 11.6. The van der Waals surface area contributed by atoms with Gasteiger partial charge in [-0.1, -0.05) is 66.7 Å². The molecule has 3 rings (SSSR count). The molecule has 0 saturated carbocycles. The molecule has 0 aliphatic carbocycles. The topological polar surface area (TPSA) is 64.9 Å². The van der Waals surface area contributed by atoms with Crippen molar-refractivity contribution in [1.82, 2.24) is 5.32 Å². The number of carbonyl (C=O) groups is 1. The Morgan fingerprint density at radius 3 is 2.00 bits per heavy atom. The Morgan fingerprint density at radius 2 is 1.48 bits per heavy atom. The Hall–Kier alpha value is -4.05. The summed E-state index contributed by atoms with van der Waals surface area (Å²) >= 11 is 0. The van der Waals surface area contributed by atoms with Gasteiger partial charge in [-0.05, 0) is 29.3 Å². The van der Waals surface area contributed by atoms with Gasteiger partial charge in [0.25, 0.3) is 5.91 Å². The fourth-order valence-corrected chi connectivity index (χ4v) is 2.95. The first-order valence-electron chi connectivity index (χ1n) is 9.33. The molecule has 1 amide bonds. The van der Waals surface area contributed by atoms with E-state index in [0.717, 1.165) is 29.5 Å². The van der Waals surface area contributed by atoms with Gasteiger partial charge in [-0.2, -0.15) is 18.4 Å². The Morgan fingerprint density at radius 1 is 0.903 bits per heavy atom. The fourth-order valence-electron chi connectivity index (χ4n) is 2.95. The molecule has 156 valence electrons. The number of alkyl halides is 3. The van der Waals surface area contributed by atoms with Crippen LogP contribution in [0.2, 0.25) is 0 Å². The van der Waals surface area contributed by atoms with Crippen LogP contribution in [0.4, 0.5) is 18.9 Å². The number of hydrogen-bond donors (Lipinski definition) is 2. The van der Waals surface area contributed by atoms with Gasteiger partial charge in [-0.3, -0.25) is 4.79 Å². The molecule has 2 N–H and O–H groups in total. The zero-order valence-corrected chi connectivity index (χ0v) is 16.2. The summed E-state index contributed by atoms with van der Waals surface area (Å²) in [7, 11) is 0. The van der Waals surface area contributed by atoms with Crippen molar-refractivity contribution in [3.05, 3.63) is 113 Å². The van der Waals surface area contributed by atoms with Crippen molar-refractivity contribution < 1.29 is 18.0 Å². The van der Waals surface area contributed by atoms with Gasteiger partial charge in [0.1, 0.15) is 11.6 Å². The summed E-state index contributed by atoms with van der Waals surface area (Å²) in [5.74, 6) is -0.653. The Labute approximate surface area is 177 Å². The molecule has 0 saturated heterocycles. The second kappa shape index (κ2) is 9.63. The highest BCUT2D eigenvalue weighted by Gasteiger charge is 2.30. The maximum absolute atomic E-state index is 12.9. The molecule has 31 heavy (non-hydrogen) atoms. The summed E-state index contributed by atoms with van der Waals surface area (Å²) in [5.41, 5.74) is 0.657. The van der Waals surface area contributed by atoms with E-state index in [0.29, 0.717) is 0 Å². The van der Waals surface area contributed by atoms with Crippen molar-refractivity contribution in [3.63, 3.8) is 0 Å². The van der Waals surface area contributed by atoms with Crippen LogP contribution in [0, 0.1) is 11.3 Å². The first-order chi connectivity index (χ1) is 14.9. The van der Waals surface area contributed by atoms with Gasteiger partial charge in [-0.25, -0.2) is 0 Å². The number of halogens is 3. The average molecular weight is 421 g/mol. The lowest BCUT2D eigenvalue weighted by Gasteiger charge is -2.19. The number of nitrogens with one attached hydrogen (secondary N) is 2. The summed E-state index contributed by atoms with van der Waals surface area (Å²) in [6, 6.07) is 24.3. The molecule has 3 aromatic carbocycles. The second-order valence-electron chi connectivity index (χ2n) is 6.62. The van der Waals surface area contributed by atoms with E-state index in [9.17, 15) is 23.2 Å². The number of carbonyl (C=O) groups excluding carboxylic acids is 1. The van der Waals surface area contributed by atoms with E-state index in [4.69, 9.17) is 0 Å². The maximum atomic E-state index is 12.9. The fraction of sp³-hybridized carbons (Fsp3) is 0.0833. The van der Waals surface area contributed by atoms with Crippen LogP contribution in [0.25, 0.3) is 0 Å². The van der Waals surface area contributed by atoms with E-state index in [2.05, 4.69) is 10.6 Å². The standard InChI is InChI=1S/C24H18F3N3O/c25-24(26,27)20-12-7-13-21(14-20)29-16-19(15-28)23(31)30-22(17-8-3-1-4-9-17)18-10-5-2-6-11-18/h1-14,16,22,29H,(H,30,31)/b19-16-. The largest absolute Gasteiger partial charge is 0.416 e. The molecule has 0 unspecified atom stereocenters. The minimum Gasteiger partial charge on any atom is -0.360 e. The molecule has 0 aliphatic rings. The third kappa shape index (κ3) is 5.73. The second-order valence-corrected chi connectivity index (χ2v) is 6.62. The van der Waals surface area contributed by atoms with Crippen molar-refractivity contribution in [2.45, 2.75) is 12.2 Å². The lowest BCUT2D eigenvalue weighted by atomic mass is 9.98. The van der Waals surface area contributed by atoms with Crippen molar-refractivity contribution in [3.8, 4) is 6.07 Å². The number of rotatable bonds is 6. The average Bonchev–Trinajstić information content (AvgIpc) is 2.78. The van der Waals surface area contributed by atoms with Crippen molar-refractivity contribution in [1.29, 1.82) is 5.26 Å². The minimum atomic E-state index is -4.49. The SMILES string of the molecule is N#C/C(=C/Nc1cccc(C(F)(F)F)c1)C(=O)NC(c1ccccc1)c1ccccc1. The van der Waals surface area contributed by atoms with Crippen LogP contribution in [0.5, 0.6) is 0 Å². The molecule has 0 aliphatic heterocycles. The van der Waals surface area contributed by atoms with E-state index < -0.39 is 23.7 Å². The Balaban J connectivity index is 1.81. The van der Waals surface area contributed by atoms with Gasteiger partial charge in [0.15, 0.2) is 0 Å². The van der Waals surface area contributed by atoms with Crippen LogP contribution in [-0.4, -0.2) is 5.91 Å². The van der Waals surface area contributed by atoms with Crippen LogP contribution < -0.4 is 10.6 Å². The molecule has 0 spiro atoms. The lowest BCUT2D eigenvalue weighted by Crippen LogP contribution is -2.30. The molecule has 3 aromatic rings. The van der Waals surface area contributed by atoms with Gasteiger partial charge in [0, 0.05) is 11.9 Å². The van der Waals surface area contributed by atoms with E-state index >= 15 is 0 Å². The van der Waals surface area contributed by atoms with Crippen LogP contribution in [0.1, 0.15) is 22.7 Å². The predicted octanol–water partition coefficient (Wildman–Crippen LogP) is 5.43.